The SMILES string of the molecule is [Ca+2].[N-]=C=S.[OH-]. The maximum absolute atomic E-state index is 7.13. The molecule has 1 N–H and O–H groups in total. The van der Waals surface area contributed by atoms with E-state index in [1.54, 1.807) is 0 Å². The molecule has 0 aromatic carbocycles. The zero-order chi connectivity index (χ0) is 2.71. The first-order valence-electron chi connectivity index (χ1n) is 0.428. The molecule has 0 aromatic heterocycles. The Labute approximate surface area is 65.4 Å². The van der Waals surface area contributed by atoms with Crippen LogP contribution >= 0.6 is 12.2 Å². The Bertz CT molecular complexity index is 32.6. The van der Waals surface area contributed by atoms with E-state index < -0.39 is 0 Å². The average Bonchev–Trinajstić information content (AvgIpc) is 0.918. The normalized spacial score (nSPS) is 1.60. The Morgan fingerprint density at radius 2 is 1.60 bits per heavy atom. The third-order valence-corrected chi connectivity index (χ3v) is 0. The van der Waals surface area contributed by atoms with Gasteiger partial charge in [-0.15, -0.1) is 0 Å². The van der Waals surface area contributed by atoms with Crippen LogP contribution in [0.25, 0.3) is 5.41 Å². The quantitative estimate of drug-likeness (QED) is 0.255. The van der Waals surface area contributed by atoms with Crippen molar-refractivity contribution in [3.8, 4) is 0 Å². The number of thiocarbonyl (C=S) groups is 1. The Balaban J connectivity index is -0.0000000200. The number of hydrogen-bond acceptors (Lipinski definition) is 2. The first kappa shape index (κ1) is 16.6. The van der Waals surface area contributed by atoms with Crippen molar-refractivity contribution in [2.24, 2.45) is 0 Å². The van der Waals surface area contributed by atoms with Crippen molar-refractivity contribution < 1.29 is 5.48 Å². The van der Waals surface area contributed by atoms with E-state index in [0.29, 0.717) is 0 Å². The average molecular weight is 115 g/mol. The molecule has 0 atom stereocenters. The Hall–Kier alpha value is 1.02. The van der Waals surface area contributed by atoms with E-state index in [0.717, 1.165) is 0 Å². The van der Waals surface area contributed by atoms with Gasteiger partial charge < -0.3 is 10.9 Å². The maximum Gasteiger partial charge on any atom is 2.00 e. The largest absolute Gasteiger partial charge is 2.00 e. The first-order chi connectivity index (χ1) is 1.41. The van der Waals surface area contributed by atoms with Crippen molar-refractivity contribution in [2.45, 2.75) is 0 Å². The molecule has 0 saturated carbocycles. The van der Waals surface area contributed by atoms with Gasteiger partial charge in [-0.05, 0) is 0 Å². The van der Waals surface area contributed by atoms with Crippen LogP contribution in [0.2, 0.25) is 0 Å². The van der Waals surface area contributed by atoms with Gasteiger partial charge >= 0.3 is 37.7 Å². The van der Waals surface area contributed by atoms with Crippen molar-refractivity contribution in [1.82, 2.24) is 0 Å². The van der Waals surface area contributed by atoms with Crippen LogP contribution in [0, 0.1) is 0 Å². The summed E-state index contributed by atoms with van der Waals surface area (Å²) in [5.74, 6) is 0. The minimum Gasteiger partial charge on any atom is -0.870 e. The molecule has 2 nitrogen and oxygen atoms in total. The topological polar surface area (TPSA) is 52.3 Å². The molecule has 0 fully saturated rings. The molecule has 0 spiro atoms. The van der Waals surface area contributed by atoms with Crippen LogP contribution in [-0.2, 0) is 0 Å². The zero-order valence-electron chi connectivity index (χ0n) is 2.51. The van der Waals surface area contributed by atoms with Crippen LogP contribution in [0.1, 0.15) is 0 Å². The summed E-state index contributed by atoms with van der Waals surface area (Å²) in [5, 5.41) is 8.47. The van der Waals surface area contributed by atoms with Crippen LogP contribution in [0.15, 0.2) is 0 Å². The predicted octanol–water partition coefficient (Wildman–Crippen LogP) is 0.101. The van der Waals surface area contributed by atoms with Crippen LogP contribution in [-0.4, -0.2) is 48.4 Å². The fraction of sp³-hybridized carbons (Fsp3) is 0. The van der Waals surface area contributed by atoms with Crippen molar-refractivity contribution in [3.63, 3.8) is 0 Å². The molecule has 0 bridgehead atoms. The van der Waals surface area contributed by atoms with Gasteiger partial charge in [-0.2, -0.15) is 5.16 Å². The van der Waals surface area contributed by atoms with E-state index >= 15 is 0 Å². The first-order valence-corrected chi connectivity index (χ1v) is 0.836. The summed E-state index contributed by atoms with van der Waals surface area (Å²) >= 11 is 3.70. The van der Waals surface area contributed by atoms with E-state index in [1.807, 2.05) is 0 Å². The Kier molecular flexibility index (Phi) is 66.1. The van der Waals surface area contributed by atoms with E-state index in [-0.39, 0.29) is 43.2 Å². The third-order valence-electron chi connectivity index (χ3n) is 0. The van der Waals surface area contributed by atoms with Gasteiger partial charge in [0, 0.05) is 0 Å². The van der Waals surface area contributed by atoms with Crippen molar-refractivity contribution in [1.29, 1.82) is 0 Å². The van der Waals surface area contributed by atoms with E-state index in [1.165, 1.54) is 5.16 Å². The minimum atomic E-state index is 0. The summed E-state index contributed by atoms with van der Waals surface area (Å²) in [6, 6.07) is 0. The molecule has 0 heterocycles. The summed E-state index contributed by atoms with van der Waals surface area (Å²) in [5.41, 5.74) is 0. The number of hydrogen-bond donors (Lipinski definition) is 0. The van der Waals surface area contributed by atoms with Gasteiger partial charge in [0.05, 0.1) is 0 Å². The molecular formula is CHCaNOS. The Morgan fingerprint density at radius 3 is 1.60 bits per heavy atom. The van der Waals surface area contributed by atoms with Crippen LogP contribution in [0.3, 0.4) is 0 Å². The fourth-order valence-corrected chi connectivity index (χ4v) is 0. The molecule has 4 heteroatoms. The Morgan fingerprint density at radius 1 is 1.60 bits per heavy atom. The maximum atomic E-state index is 7.13. The standard InChI is InChI=1S/CNS.Ca.H2O/c2-1-3;;/h;;1H2/q-1;+2;/p-1. The number of rotatable bonds is 0. The second-order valence-electron chi connectivity index (χ2n) is 0.0913. The van der Waals surface area contributed by atoms with E-state index in [2.05, 4.69) is 12.2 Å². The second-order valence-corrected chi connectivity index (χ2v) is 0.274. The molecule has 0 aliphatic rings. The summed E-state index contributed by atoms with van der Waals surface area (Å²) in [6.07, 6.45) is 0. The molecule has 0 unspecified atom stereocenters. The second kappa shape index (κ2) is 19.9. The summed E-state index contributed by atoms with van der Waals surface area (Å²) < 4.78 is 0. The third kappa shape index (κ3) is 44.0. The van der Waals surface area contributed by atoms with Crippen molar-refractivity contribution >= 4 is 55.1 Å². The molecule has 0 aromatic rings. The molecule has 0 saturated heterocycles. The molecule has 5 heavy (non-hydrogen) atoms. The van der Waals surface area contributed by atoms with Crippen molar-refractivity contribution in [2.75, 3.05) is 0 Å². The molecule has 0 aliphatic heterocycles. The zero-order valence-corrected chi connectivity index (χ0v) is 5.53. The van der Waals surface area contributed by atoms with Gasteiger partial charge in [0.25, 0.3) is 0 Å². The van der Waals surface area contributed by atoms with Gasteiger partial charge in [0.2, 0.25) is 0 Å². The van der Waals surface area contributed by atoms with Crippen LogP contribution in [0.5, 0.6) is 0 Å². The summed E-state index contributed by atoms with van der Waals surface area (Å²) in [4.78, 5) is 0. The smallest absolute Gasteiger partial charge is 0.870 e. The van der Waals surface area contributed by atoms with Gasteiger partial charge in [0.1, 0.15) is 0 Å². The van der Waals surface area contributed by atoms with Gasteiger partial charge in [-0.25, -0.2) is 0 Å². The predicted molar refractivity (Wildman–Crippen MR) is 23.6 cm³/mol. The molecule has 0 radical (unpaired) electrons. The minimum absolute atomic E-state index is 0. The van der Waals surface area contributed by atoms with Crippen molar-refractivity contribution in [3.05, 3.63) is 5.41 Å². The summed E-state index contributed by atoms with van der Waals surface area (Å²) in [7, 11) is 0. The molecule has 24 valence electrons. The number of nitrogens with zero attached hydrogens (tertiary/aromatic N) is 1. The van der Waals surface area contributed by atoms with E-state index in [9.17, 15) is 0 Å². The fourth-order valence-electron chi connectivity index (χ4n) is 0. The molecular weight excluding hydrogens is 114 g/mol. The molecule has 0 rings (SSSR count). The van der Waals surface area contributed by atoms with Crippen LogP contribution in [0.4, 0.5) is 0 Å². The summed E-state index contributed by atoms with van der Waals surface area (Å²) in [6.45, 7) is 0. The monoisotopic (exact) mass is 115 g/mol. The molecule has 0 aliphatic carbocycles. The molecule has 0 amide bonds. The van der Waals surface area contributed by atoms with E-state index in [4.69, 9.17) is 5.41 Å². The van der Waals surface area contributed by atoms with Gasteiger partial charge in [-0.1, -0.05) is 12.2 Å². The number of isothiocyanates is 1. The van der Waals surface area contributed by atoms with Gasteiger partial charge in [0.15, 0.2) is 0 Å². The van der Waals surface area contributed by atoms with Gasteiger partial charge in [-0.3, -0.25) is 0 Å². The van der Waals surface area contributed by atoms with Crippen LogP contribution < -0.4 is 0 Å².